The molecule has 2 aromatic rings. The van der Waals surface area contributed by atoms with Gasteiger partial charge in [-0.25, -0.2) is 4.39 Å². The fourth-order valence-electron chi connectivity index (χ4n) is 2.10. The van der Waals surface area contributed by atoms with Gasteiger partial charge < -0.3 is 10.6 Å². The number of rotatable bonds is 4. The van der Waals surface area contributed by atoms with E-state index in [1.165, 1.54) is 6.07 Å². The largest absolute Gasteiger partial charge is 0.370 e. The van der Waals surface area contributed by atoms with Gasteiger partial charge in [0.1, 0.15) is 5.82 Å². The van der Waals surface area contributed by atoms with Crippen LogP contribution in [0, 0.1) is 5.82 Å². The first-order chi connectivity index (χ1) is 9.49. The van der Waals surface area contributed by atoms with Gasteiger partial charge in [-0.1, -0.05) is 35.9 Å². The summed E-state index contributed by atoms with van der Waals surface area (Å²) in [6.07, 6.45) is 0. The zero-order chi connectivity index (χ0) is 14.7. The van der Waals surface area contributed by atoms with Crippen LogP contribution in [0.5, 0.6) is 0 Å². The van der Waals surface area contributed by atoms with E-state index in [0.29, 0.717) is 17.1 Å². The van der Waals surface area contributed by atoms with Crippen LogP contribution < -0.4 is 10.6 Å². The van der Waals surface area contributed by atoms with E-state index in [1.54, 1.807) is 12.1 Å². The van der Waals surface area contributed by atoms with Crippen LogP contribution in [0.1, 0.15) is 24.1 Å². The Labute approximate surface area is 124 Å². The molecule has 0 aromatic heterocycles. The molecule has 2 N–H and O–H groups in total. The maximum Gasteiger partial charge on any atom is 0.128 e. The lowest BCUT2D eigenvalue weighted by Crippen LogP contribution is -2.17. The molecular weight excluding hydrogens is 275 g/mol. The highest BCUT2D eigenvalue weighted by Gasteiger charge is 2.10. The van der Waals surface area contributed by atoms with Gasteiger partial charge in [-0.2, -0.15) is 0 Å². The fourth-order valence-corrected chi connectivity index (χ4v) is 2.44. The summed E-state index contributed by atoms with van der Waals surface area (Å²) in [6, 6.07) is 12.4. The monoisotopic (exact) mass is 292 g/mol. The second-order valence-corrected chi connectivity index (χ2v) is 5.35. The molecule has 0 fully saturated rings. The lowest BCUT2D eigenvalue weighted by atomic mass is 10.1. The van der Waals surface area contributed by atoms with Gasteiger partial charge in [0.15, 0.2) is 0 Å². The Morgan fingerprint density at radius 3 is 2.55 bits per heavy atom. The van der Waals surface area contributed by atoms with Gasteiger partial charge in [0.05, 0.1) is 0 Å². The van der Waals surface area contributed by atoms with Crippen molar-refractivity contribution in [1.82, 2.24) is 0 Å². The van der Waals surface area contributed by atoms with Crippen LogP contribution in [0.2, 0.25) is 5.02 Å². The zero-order valence-corrected chi connectivity index (χ0v) is 12.4. The summed E-state index contributed by atoms with van der Waals surface area (Å²) < 4.78 is 13.6. The van der Waals surface area contributed by atoms with Crippen LogP contribution in [-0.4, -0.2) is 7.05 Å². The third-order valence-corrected chi connectivity index (χ3v) is 3.61. The first-order valence-electron chi connectivity index (χ1n) is 6.48. The Bertz CT molecular complexity index is 599. The smallest absolute Gasteiger partial charge is 0.128 e. The standard InChI is InChI=1S/C16H18ClFN2/c1-11(19)14-8-7-13(9-15(14)17)20(2)10-12-5-3-4-6-16(12)18/h3-9,11H,10,19H2,1-2H3. The highest BCUT2D eigenvalue weighted by atomic mass is 35.5. The molecule has 0 aliphatic heterocycles. The summed E-state index contributed by atoms with van der Waals surface area (Å²) in [5.74, 6) is -0.197. The van der Waals surface area contributed by atoms with Crippen molar-refractivity contribution in [3.8, 4) is 0 Å². The number of hydrogen-bond acceptors (Lipinski definition) is 2. The summed E-state index contributed by atoms with van der Waals surface area (Å²) in [4.78, 5) is 1.95. The Kier molecular flexibility index (Phi) is 4.63. The van der Waals surface area contributed by atoms with E-state index in [4.69, 9.17) is 17.3 Å². The second kappa shape index (κ2) is 6.25. The first kappa shape index (κ1) is 14.8. The minimum atomic E-state index is -0.197. The Morgan fingerprint density at radius 2 is 1.95 bits per heavy atom. The molecule has 4 heteroatoms. The molecule has 1 atom stereocenters. The second-order valence-electron chi connectivity index (χ2n) is 4.94. The lowest BCUT2D eigenvalue weighted by molar-refractivity contribution is 0.608. The normalized spacial score (nSPS) is 12.2. The maximum absolute atomic E-state index is 13.6. The SMILES string of the molecule is CC(N)c1ccc(N(C)Cc2ccccc2F)cc1Cl. The molecule has 20 heavy (non-hydrogen) atoms. The van der Waals surface area contributed by atoms with E-state index in [1.807, 2.05) is 43.1 Å². The zero-order valence-electron chi connectivity index (χ0n) is 11.6. The molecule has 0 heterocycles. The van der Waals surface area contributed by atoms with Gasteiger partial charge >= 0.3 is 0 Å². The number of halogens is 2. The molecule has 0 saturated heterocycles. The third-order valence-electron chi connectivity index (χ3n) is 3.28. The van der Waals surface area contributed by atoms with Crippen LogP contribution in [-0.2, 0) is 6.54 Å². The molecule has 2 aromatic carbocycles. The number of nitrogens with two attached hydrogens (primary N) is 1. The van der Waals surface area contributed by atoms with Crippen LogP contribution >= 0.6 is 11.6 Å². The average molecular weight is 293 g/mol. The molecule has 2 nitrogen and oxygen atoms in total. The van der Waals surface area contributed by atoms with Crippen molar-refractivity contribution in [3.63, 3.8) is 0 Å². The van der Waals surface area contributed by atoms with Gasteiger partial charge in [0.2, 0.25) is 0 Å². The lowest BCUT2D eigenvalue weighted by Gasteiger charge is -2.21. The molecule has 2 rings (SSSR count). The average Bonchev–Trinajstić information content (AvgIpc) is 2.40. The van der Waals surface area contributed by atoms with Crippen LogP contribution in [0.3, 0.4) is 0 Å². The van der Waals surface area contributed by atoms with E-state index < -0.39 is 0 Å². The predicted octanol–water partition coefficient (Wildman–Crippen LogP) is 4.14. The van der Waals surface area contributed by atoms with Crippen LogP contribution in [0.25, 0.3) is 0 Å². The maximum atomic E-state index is 13.6. The van der Waals surface area contributed by atoms with Crippen molar-refractivity contribution in [2.45, 2.75) is 19.5 Å². The van der Waals surface area contributed by atoms with Crippen LogP contribution in [0.4, 0.5) is 10.1 Å². The van der Waals surface area contributed by atoms with E-state index in [0.717, 1.165) is 11.3 Å². The first-order valence-corrected chi connectivity index (χ1v) is 6.86. The van der Waals surface area contributed by atoms with Gasteiger partial charge in [-0.05, 0) is 30.7 Å². The summed E-state index contributed by atoms with van der Waals surface area (Å²) in [5, 5.41) is 0.637. The van der Waals surface area contributed by atoms with Gasteiger partial charge in [-0.15, -0.1) is 0 Å². The van der Waals surface area contributed by atoms with E-state index in [2.05, 4.69) is 0 Å². The Morgan fingerprint density at radius 1 is 1.25 bits per heavy atom. The van der Waals surface area contributed by atoms with Crippen molar-refractivity contribution in [2.24, 2.45) is 5.73 Å². The fraction of sp³-hybridized carbons (Fsp3) is 0.250. The van der Waals surface area contributed by atoms with Crippen molar-refractivity contribution in [3.05, 3.63) is 64.4 Å². The number of anilines is 1. The van der Waals surface area contributed by atoms with Crippen molar-refractivity contribution in [1.29, 1.82) is 0 Å². The molecule has 0 saturated carbocycles. The molecule has 1 unspecified atom stereocenters. The van der Waals surface area contributed by atoms with E-state index in [9.17, 15) is 4.39 Å². The Hall–Kier alpha value is -1.58. The molecular formula is C16H18ClFN2. The van der Waals surface area contributed by atoms with E-state index >= 15 is 0 Å². The van der Waals surface area contributed by atoms with Crippen molar-refractivity contribution >= 4 is 17.3 Å². The minimum absolute atomic E-state index is 0.103. The summed E-state index contributed by atoms with van der Waals surface area (Å²) in [7, 11) is 1.91. The minimum Gasteiger partial charge on any atom is -0.370 e. The predicted molar refractivity (Wildman–Crippen MR) is 82.6 cm³/mol. The number of nitrogens with zero attached hydrogens (tertiary/aromatic N) is 1. The molecule has 0 aliphatic carbocycles. The molecule has 0 amide bonds. The van der Waals surface area contributed by atoms with Crippen molar-refractivity contribution < 1.29 is 4.39 Å². The topological polar surface area (TPSA) is 29.3 Å². The quantitative estimate of drug-likeness (QED) is 0.918. The Balaban J connectivity index is 2.20. The third kappa shape index (κ3) is 3.30. The summed E-state index contributed by atoms with van der Waals surface area (Å²) >= 11 is 6.22. The molecule has 0 spiro atoms. The van der Waals surface area contributed by atoms with Gasteiger partial charge in [-0.3, -0.25) is 0 Å². The molecule has 0 bridgehead atoms. The highest BCUT2D eigenvalue weighted by Crippen LogP contribution is 2.27. The van der Waals surface area contributed by atoms with Gasteiger partial charge in [0.25, 0.3) is 0 Å². The van der Waals surface area contributed by atoms with Gasteiger partial charge in [0, 0.05) is 35.9 Å². The molecule has 0 aliphatic rings. The summed E-state index contributed by atoms with van der Waals surface area (Å²) in [5.41, 5.74) is 8.34. The molecule has 0 radical (unpaired) electrons. The number of hydrogen-bond donors (Lipinski definition) is 1. The summed E-state index contributed by atoms with van der Waals surface area (Å²) in [6.45, 7) is 2.38. The van der Waals surface area contributed by atoms with Crippen molar-refractivity contribution in [2.75, 3.05) is 11.9 Å². The number of benzene rings is 2. The van der Waals surface area contributed by atoms with Crippen LogP contribution in [0.15, 0.2) is 42.5 Å². The molecule has 106 valence electrons. The van der Waals surface area contributed by atoms with E-state index in [-0.39, 0.29) is 11.9 Å². The highest BCUT2D eigenvalue weighted by molar-refractivity contribution is 6.31.